The Morgan fingerprint density at radius 2 is 1.19 bits per heavy atom. The van der Waals surface area contributed by atoms with Gasteiger partial charge in [0.05, 0.1) is 0 Å². The van der Waals surface area contributed by atoms with Crippen molar-refractivity contribution >= 4 is 0 Å². The first-order chi connectivity index (χ1) is 7.68. The maximum absolute atomic E-state index is 5.89. The highest BCUT2D eigenvalue weighted by molar-refractivity contribution is 4.70. The lowest BCUT2D eigenvalue weighted by molar-refractivity contribution is 0.482. The second kappa shape index (κ2) is 11.4. The van der Waals surface area contributed by atoms with Crippen molar-refractivity contribution in [2.75, 3.05) is 0 Å². The van der Waals surface area contributed by atoms with Crippen molar-refractivity contribution in [2.24, 2.45) is 11.5 Å². The summed E-state index contributed by atoms with van der Waals surface area (Å²) < 4.78 is 0. The molecular formula is C14H32N2. The summed E-state index contributed by atoms with van der Waals surface area (Å²) in [6, 6.07) is 0.346. The van der Waals surface area contributed by atoms with E-state index in [9.17, 15) is 0 Å². The van der Waals surface area contributed by atoms with E-state index in [0.29, 0.717) is 0 Å². The van der Waals surface area contributed by atoms with E-state index in [1.807, 2.05) is 6.92 Å². The predicted octanol–water partition coefficient (Wildman–Crippen LogP) is 3.58. The minimum atomic E-state index is 0.147. The van der Waals surface area contributed by atoms with Crippen LogP contribution in [0.25, 0.3) is 0 Å². The first kappa shape index (κ1) is 15.9. The molecule has 0 aliphatic heterocycles. The van der Waals surface area contributed by atoms with E-state index in [2.05, 4.69) is 6.92 Å². The van der Waals surface area contributed by atoms with E-state index in [-0.39, 0.29) is 12.1 Å². The predicted molar refractivity (Wildman–Crippen MR) is 73.5 cm³/mol. The molecule has 0 heterocycles. The van der Waals surface area contributed by atoms with Crippen LogP contribution in [0.15, 0.2) is 0 Å². The second-order valence-corrected chi connectivity index (χ2v) is 5.14. The molecule has 0 saturated heterocycles. The van der Waals surface area contributed by atoms with Crippen molar-refractivity contribution in [3.63, 3.8) is 0 Å². The lowest BCUT2D eigenvalue weighted by Crippen LogP contribution is -2.38. The van der Waals surface area contributed by atoms with E-state index in [4.69, 9.17) is 11.5 Å². The van der Waals surface area contributed by atoms with Crippen LogP contribution in [0, 0.1) is 0 Å². The van der Waals surface area contributed by atoms with Crippen LogP contribution in [0.1, 0.15) is 78.1 Å². The Kier molecular flexibility index (Phi) is 11.3. The van der Waals surface area contributed by atoms with Crippen LogP contribution in [0.4, 0.5) is 0 Å². The number of rotatable bonds is 11. The monoisotopic (exact) mass is 228 g/mol. The van der Waals surface area contributed by atoms with E-state index in [1.165, 1.54) is 57.8 Å². The van der Waals surface area contributed by atoms with E-state index >= 15 is 0 Å². The molecular weight excluding hydrogens is 196 g/mol. The summed E-state index contributed by atoms with van der Waals surface area (Å²) in [4.78, 5) is 0. The number of unbranched alkanes of at least 4 members (excludes halogenated alkanes) is 8. The molecule has 0 aromatic rings. The zero-order chi connectivity index (χ0) is 12.2. The molecule has 0 aliphatic carbocycles. The summed E-state index contributed by atoms with van der Waals surface area (Å²) in [6.45, 7) is 4.26. The average Bonchev–Trinajstić information content (AvgIpc) is 2.26. The standard InChI is InChI=1S/C14H32N2/c1-3-4-5-6-7-8-9-10-11-12-14(16)13(2)15/h13-14H,3-12,15-16H2,1-2H3. The summed E-state index contributed by atoms with van der Waals surface area (Å²) in [5, 5.41) is 0. The molecule has 2 heteroatoms. The lowest BCUT2D eigenvalue weighted by atomic mass is 10.0. The Balaban J connectivity index is 3.04. The molecule has 0 aromatic carbocycles. The highest BCUT2D eigenvalue weighted by Crippen LogP contribution is 2.11. The topological polar surface area (TPSA) is 52.0 Å². The minimum absolute atomic E-state index is 0.147. The Labute approximate surface area is 102 Å². The Morgan fingerprint density at radius 1 is 0.750 bits per heavy atom. The van der Waals surface area contributed by atoms with Gasteiger partial charge in [0.2, 0.25) is 0 Å². The molecule has 0 fully saturated rings. The zero-order valence-corrected chi connectivity index (χ0v) is 11.4. The second-order valence-electron chi connectivity index (χ2n) is 5.14. The molecule has 16 heavy (non-hydrogen) atoms. The molecule has 2 unspecified atom stereocenters. The molecule has 0 spiro atoms. The number of hydrogen-bond donors (Lipinski definition) is 2. The molecule has 2 atom stereocenters. The summed E-state index contributed by atoms with van der Waals surface area (Å²) in [6.07, 6.45) is 13.4. The molecule has 0 saturated carbocycles. The largest absolute Gasteiger partial charge is 0.327 e. The van der Waals surface area contributed by atoms with Crippen LogP contribution in [0.2, 0.25) is 0 Å². The Hall–Kier alpha value is -0.0800. The molecule has 4 N–H and O–H groups in total. The van der Waals surface area contributed by atoms with Gasteiger partial charge in [0.1, 0.15) is 0 Å². The zero-order valence-electron chi connectivity index (χ0n) is 11.4. The van der Waals surface area contributed by atoms with Gasteiger partial charge in [-0.3, -0.25) is 0 Å². The molecule has 0 rings (SSSR count). The van der Waals surface area contributed by atoms with E-state index < -0.39 is 0 Å². The van der Waals surface area contributed by atoms with Crippen molar-refractivity contribution in [2.45, 2.75) is 90.1 Å². The smallest absolute Gasteiger partial charge is 0.0189 e. The summed E-state index contributed by atoms with van der Waals surface area (Å²) in [7, 11) is 0. The van der Waals surface area contributed by atoms with Gasteiger partial charge in [0, 0.05) is 12.1 Å². The summed E-state index contributed by atoms with van der Waals surface area (Å²) in [5.74, 6) is 0. The third-order valence-electron chi connectivity index (χ3n) is 3.32. The summed E-state index contributed by atoms with van der Waals surface area (Å²) >= 11 is 0. The molecule has 2 nitrogen and oxygen atoms in total. The molecule has 0 amide bonds. The van der Waals surface area contributed by atoms with Gasteiger partial charge in [-0.05, 0) is 13.3 Å². The SMILES string of the molecule is CCCCCCCCCCCC(N)C(C)N. The number of nitrogens with two attached hydrogens (primary N) is 2. The fraction of sp³-hybridized carbons (Fsp3) is 1.00. The molecule has 0 bridgehead atoms. The summed E-state index contributed by atoms with van der Waals surface area (Å²) in [5.41, 5.74) is 11.6. The van der Waals surface area contributed by atoms with Crippen LogP contribution in [0.3, 0.4) is 0 Å². The molecule has 0 aromatic heterocycles. The van der Waals surface area contributed by atoms with Gasteiger partial charge in [0.25, 0.3) is 0 Å². The average molecular weight is 228 g/mol. The van der Waals surface area contributed by atoms with Crippen molar-refractivity contribution in [1.82, 2.24) is 0 Å². The van der Waals surface area contributed by atoms with Crippen molar-refractivity contribution in [1.29, 1.82) is 0 Å². The fourth-order valence-electron chi connectivity index (χ4n) is 1.95. The fourth-order valence-corrected chi connectivity index (χ4v) is 1.95. The van der Waals surface area contributed by atoms with Gasteiger partial charge in [-0.15, -0.1) is 0 Å². The molecule has 0 aliphatic rings. The van der Waals surface area contributed by atoms with Gasteiger partial charge in [-0.2, -0.15) is 0 Å². The van der Waals surface area contributed by atoms with Gasteiger partial charge >= 0.3 is 0 Å². The maximum atomic E-state index is 5.89. The highest BCUT2D eigenvalue weighted by atomic mass is 14.8. The quantitative estimate of drug-likeness (QED) is 0.531. The minimum Gasteiger partial charge on any atom is -0.327 e. The maximum Gasteiger partial charge on any atom is 0.0189 e. The van der Waals surface area contributed by atoms with Crippen LogP contribution in [-0.2, 0) is 0 Å². The van der Waals surface area contributed by atoms with Crippen LogP contribution < -0.4 is 11.5 Å². The van der Waals surface area contributed by atoms with Gasteiger partial charge in [0.15, 0.2) is 0 Å². The van der Waals surface area contributed by atoms with Crippen LogP contribution in [0.5, 0.6) is 0 Å². The normalized spacial score (nSPS) is 15.0. The Morgan fingerprint density at radius 3 is 1.62 bits per heavy atom. The molecule has 98 valence electrons. The van der Waals surface area contributed by atoms with Crippen molar-refractivity contribution < 1.29 is 0 Å². The van der Waals surface area contributed by atoms with Gasteiger partial charge in [-0.1, -0.05) is 64.7 Å². The van der Waals surface area contributed by atoms with Crippen LogP contribution in [-0.4, -0.2) is 12.1 Å². The highest BCUT2D eigenvalue weighted by Gasteiger charge is 2.06. The third-order valence-corrected chi connectivity index (χ3v) is 3.32. The van der Waals surface area contributed by atoms with Crippen molar-refractivity contribution in [3.05, 3.63) is 0 Å². The van der Waals surface area contributed by atoms with E-state index in [1.54, 1.807) is 0 Å². The van der Waals surface area contributed by atoms with Crippen molar-refractivity contribution in [3.8, 4) is 0 Å². The molecule has 0 radical (unpaired) electrons. The lowest BCUT2D eigenvalue weighted by Gasteiger charge is -2.14. The first-order valence-corrected chi connectivity index (χ1v) is 7.19. The van der Waals surface area contributed by atoms with Gasteiger partial charge in [-0.25, -0.2) is 0 Å². The number of hydrogen-bond acceptors (Lipinski definition) is 2. The van der Waals surface area contributed by atoms with Crippen LogP contribution >= 0.6 is 0 Å². The Bertz CT molecular complexity index is 135. The van der Waals surface area contributed by atoms with E-state index in [0.717, 1.165) is 6.42 Å². The first-order valence-electron chi connectivity index (χ1n) is 7.19. The van der Waals surface area contributed by atoms with Gasteiger partial charge < -0.3 is 11.5 Å². The third kappa shape index (κ3) is 10.4.